The highest BCUT2D eigenvalue weighted by Crippen LogP contribution is 2.42. The standard InChI is InChI=1S/C29H39NO3.C21H26O2.C9H15NO2/c1-29(2,3)23-7-12-26(13-8-23)33-27-11-6-20-14-19(4-5-21(20)17-27)18-30-24-9-10-25(30)16-22(15-24)28(31)32;1-21(2,3)18-7-10-19(11-8-18)23-20-9-6-16-12-15(14-22)4-5-17(16)13-20;1-12-9(11)6-4-7-2-3-8(5-6)10-7/h4-6,11,14,17,22-26H,7-10,12-13,15-16,18H2,1-3H3,(H,31,32);4-6,9,12-14,18-19H,7-8,10-11H2,1-3H3;6-8,10H,2-5H2,1H3. The van der Waals surface area contributed by atoms with Crippen LogP contribution in [0.25, 0.3) is 21.5 Å². The summed E-state index contributed by atoms with van der Waals surface area (Å²) in [6.45, 7) is 15.0. The second-order valence-corrected chi connectivity index (χ2v) is 23.5. The number of carbonyl (C=O) groups is 3. The van der Waals surface area contributed by atoms with Gasteiger partial charge in [-0.2, -0.15) is 0 Å². The number of carbonyl (C=O) groups excluding carboxylic acids is 2. The lowest BCUT2D eigenvalue weighted by atomic mass is 9.72. The number of aldehydes is 1. The van der Waals surface area contributed by atoms with Gasteiger partial charge in [-0.25, -0.2) is 0 Å². The van der Waals surface area contributed by atoms with Crippen molar-refractivity contribution in [2.24, 2.45) is 34.5 Å². The predicted molar refractivity (Wildman–Crippen MR) is 272 cm³/mol. The van der Waals surface area contributed by atoms with Gasteiger partial charge in [-0.15, -0.1) is 0 Å². The summed E-state index contributed by atoms with van der Waals surface area (Å²) in [6.07, 6.45) is 19.5. The first-order valence-corrected chi connectivity index (χ1v) is 26.2. The van der Waals surface area contributed by atoms with Gasteiger partial charge >= 0.3 is 11.9 Å². The minimum absolute atomic E-state index is 0.0200. The summed E-state index contributed by atoms with van der Waals surface area (Å²) in [5.74, 6) is 2.91. The average Bonchev–Trinajstić information content (AvgIpc) is 3.77. The maximum absolute atomic E-state index is 11.5. The van der Waals surface area contributed by atoms with Crippen LogP contribution in [-0.2, 0) is 20.9 Å². The van der Waals surface area contributed by atoms with Crippen molar-refractivity contribution >= 4 is 39.8 Å². The van der Waals surface area contributed by atoms with Gasteiger partial charge in [-0.3, -0.25) is 19.3 Å². The zero-order chi connectivity index (χ0) is 48.2. The van der Waals surface area contributed by atoms with Gasteiger partial charge < -0.3 is 24.6 Å². The maximum Gasteiger partial charge on any atom is 0.308 e. The second-order valence-electron chi connectivity index (χ2n) is 23.5. The van der Waals surface area contributed by atoms with E-state index in [1.54, 1.807) is 0 Å². The van der Waals surface area contributed by atoms with Crippen LogP contribution < -0.4 is 14.8 Å². The minimum atomic E-state index is -0.613. The molecule has 0 amide bonds. The van der Waals surface area contributed by atoms with Crippen LogP contribution >= 0.6 is 0 Å². The largest absolute Gasteiger partial charge is 0.490 e. The van der Waals surface area contributed by atoms with Gasteiger partial charge in [0.25, 0.3) is 0 Å². The Morgan fingerprint density at radius 2 is 1.07 bits per heavy atom. The van der Waals surface area contributed by atoms with E-state index in [4.69, 9.17) is 14.2 Å². The Morgan fingerprint density at radius 1 is 0.603 bits per heavy atom. The van der Waals surface area contributed by atoms with E-state index in [-0.39, 0.29) is 17.8 Å². The molecule has 4 aromatic carbocycles. The van der Waals surface area contributed by atoms with Crippen LogP contribution in [-0.4, -0.2) is 71.7 Å². The van der Waals surface area contributed by atoms with E-state index < -0.39 is 5.97 Å². The second kappa shape index (κ2) is 21.7. The number of hydrogen-bond donors (Lipinski definition) is 2. The SMILES string of the molecule is CC(C)(C)C1CCC(Oc2ccc3cc(C=O)ccc3c2)CC1.CC(C)(C)C1CCC(Oc2ccc3cc(CN4C5CCC4CC(C(=O)O)C5)ccc3c2)CC1.COC(=O)C1CC2CCC(C1)N2. The third-order valence-electron chi connectivity index (χ3n) is 16.9. The van der Waals surface area contributed by atoms with Gasteiger partial charge in [-0.05, 0) is 189 Å². The summed E-state index contributed by atoms with van der Waals surface area (Å²) in [5.41, 5.74) is 2.84. The van der Waals surface area contributed by atoms with Gasteiger partial charge in [0, 0.05) is 36.3 Å². The predicted octanol–water partition coefficient (Wildman–Crippen LogP) is 13.0. The lowest BCUT2D eigenvalue weighted by molar-refractivity contribution is -0.147. The van der Waals surface area contributed by atoms with Crippen molar-refractivity contribution in [1.29, 1.82) is 0 Å². The Labute approximate surface area is 406 Å². The van der Waals surface area contributed by atoms with E-state index in [1.807, 2.05) is 30.3 Å². The maximum atomic E-state index is 11.5. The van der Waals surface area contributed by atoms with Crippen LogP contribution in [0.3, 0.4) is 0 Å². The van der Waals surface area contributed by atoms with E-state index in [0.717, 1.165) is 111 Å². The zero-order valence-corrected chi connectivity index (χ0v) is 42.1. The molecule has 9 nitrogen and oxygen atoms in total. The number of esters is 1. The summed E-state index contributed by atoms with van der Waals surface area (Å²) >= 11 is 0. The molecule has 4 aliphatic heterocycles. The van der Waals surface area contributed by atoms with E-state index in [1.165, 1.54) is 62.0 Å². The lowest BCUT2D eigenvalue weighted by Gasteiger charge is -2.37. The molecule has 10 rings (SSSR count). The van der Waals surface area contributed by atoms with Crippen molar-refractivity contribution < 1.29 is 33.7 Å². The fourth-order valence-corrected chi connectivity index (χ4v) is 12.7. The fraction of sp³-hybridized carbons (Fsp3) is 0.610. The van der Waals surface area contributed by atoms with Crippen LogP contribution in [0.15, 0.2) is 72.8 Å². The summed E-state index contributed by atoms with van der Waals surface area (Å²) in [6, 6.07) is 27.2. The highest BCUT2D eigenvalue weighted by atomic mass is 16.5. The molecule has 4 atom stereocenters. The first-order chi connectivity index (χ1) is 32.5. The van der Waals surface area contributed by atoms with Gasteiger partial charge in [0.05, 0.1) is 31.2 Å². The molecule has 0 radical (unpaired) electrons. The Balaban J connectivity index is 0.000000154. The highest BCUT2D eigenvalue weighted by Gasteiger charge is 2.43. The van der Waals surface area contributed by atoms with E-state index >= 15 is 0 Å². The van der Waals surface area contributed by atoms with Crippen molar-refractivity contribution in [3.8, 4) is 11.5 Å². The summed E-state index contributed by atoms with van der Waals surface area (Å²) in [5, 5.41) is 17.6. The van der Waals surface area contributed by atoms with Crippen LogP contribution in [0.4, 0.5) is 0 Å². The number of piperidine rings is 2. The number of nitrogens with zero attached hydrogens (tertiary/aromatic N) is 1. The third-order valence-corrected chi connectivity index (χ3v) is 16.9. The molecular weight excluding hydrogens is 849 g/mol. The molecule has 2 N–H and O–H groups in total. The summed E-state index contributed by atoms with van der Waals surface area (Å²) in [7, 11) is 1.48. The molecule has 0 spiro atoms. The summed E-state index contributed by atoms with van der Waals surface area (Å²) < 4.78 is 17.3. The molecule has 4 unspecified atom stereocenters. The quantitative estimate of drug-likeness (QED) is 0.125. The topological polar surface area (TPSA) is 114 Å². The van der Waals surface area contributed by atoms with Crippen molar-refractivity contribution in [3.05, 3.63) is 83.9 Å². The molecule has 6 aliphatic rings. The van der Waals surface area contributed by atoms with Crippen molar-refractivity contribution in [3.63, 3.8) is 0 Å². The normalized spacial score (nSPS) is 29.2. The molecule has 4 aromatic rings. The monoisotopic (exact) mass is 929 g/mol. The molecule has 4 saturated heterocycles. The van der Waals surface area contributed by atoms with Crippen molar-refractivity contribution in [1.82, 2.24) is 10.2 Å². The molecule has 2 saturated carbocycles. The van der Waals surface area contributed by atoms with Crippen LogP contribution in [0.2, 0.25) is 0 Å². The number of nitrogens with one attached hydrogen (secondary N) is 1. The van der Waals surface area contributed by atoms with Gasteiger partial charge in [0.2, 0.25) is 0 Å². The molecule has 368 valence electrons. The van der Waals surface area contributed by atoms with E-state index in [0.29, 0.717) is 52.8 Å². The van der Waals surface area contributed by atoms with Gasteiger partial charge in [-0.1, -0.05) is 77.9 Å². The molecule has 6 fully saturated rings. The summed E-state index contributed by atoms with van der Waals surface area (Å²) in [4.78, 5) is 36.1. The smallest absolute Gasteiger partial charge is 0.308 e. The molecule has 4 heterocycles. The van der Waals surface area contributed by atoms with Crippen molar-refractivity contribution in [2.45, 2.75) is 187 Å². The Bertz CT molecular complexity index is 2320. The molecule has 4 bridgehead atoms. The fourth-order valence-electron chi connectivity index (χ4n) is 12.7. The first-order valence-electron chi connectivity index (χ1n) is 26.2. The number of hydrogen-bond acceptors (Lipinski definition) is 8. The Hall–Kier alpha value is -4.47. The number of benzene rings is 4. The average molecular weight is 929 g/mol. The van der Waals surface area contributed by atoms with Gasteiger partial charge in [0.1, 0.15) is 17.8 Å². The number of methoxy groups -OCH3 is 1. The molecular formula is C59H80N2O7. The molecule has 68 heavy (non-hydrogen) atoms. The minimum Gasteiger partial charge on any atom is -0.490 e. The van der Waals surface area contributed by atoms with Crippen LogP contribution in [0.5, 0.6) is 11.5 Å². The lowest BCUT2D eigenvalue weighted by Crippen LogP contribution is -2.44. The van der Waals surface area contributed by atoms with Crippen LogP contribution in [0, 0.1) is 34.5 Å². The highest BCUT2D eigenvalue weighted by molar-refractivity contribution is 5.89. The molecule has 9 heteroatoms. The van der Waals surface area contributed by atoms with Gasteiger partial charge in [0.15, 0.2) is 0 Å². The van der Waals surface area contributed by atoms with E-state index in [2.05, 4.69) is 94.2 Å². The molecule has 0 aromatic heterocycles. The number of carboxylic acids is 1. The molecule has 2 aliphatic carbocycles. The number of ether oxygens (including phenoxy) is 3. The number of carboxylic acid groups (broad SMARTS) is 1. The third kappa shape index (κ3) is 12.6. The number of fused-ring (bicyclic) bond motifs is 6. The number of rotatable bonds is 9. The zero-order valence-electron chi connectivity index (χ0n) is 42.1. The van der Waals surface area contributed by atoms with E-state index in [9.17, 15) is 19.5 Å². The Kier molecular flexibility index (Phi) is 15.9. The van der Waals surface area contributed by atoms with Crippen LogP contribution in [0.1, 0.15) is 160 Å². The first kappa shape index (κ1) is 49.9. The van der Waals surface area contributed by atoms with Crippen molar-refractivity contribution in [2.75, 3.05) is 7.11 Å². The Morgan fingerprint density at radius 3 is 1.54 bits per heavy atom. The number of aliphatic carboxylic acids is 1.